The molecule has 0 fully saturated rings. The van der Waals surface area contributed by atoms with Crippen molar-refractivity contribution in [1.82, 2.24) is 14.1 Å². The van der Waals surface area contributed by atoms with Crippen molar-refractivity contribution in [3.05, 3.63) is 54.2 Å². The van der Waals surface area contributed by atoms with Gasteiger partial charge in [0.1, 0.15) is 5.69 Å². The summed E-state index contributed by atoms with van der Waals surface area (Å²) < 4.78 is 31.8. The van der Waals surface area contributed by atoms with Gasteiger partial charge in [-0.3, -0.25) is 13.8 Å². The van der Waals surface area contributed by atoms with Crippen molar-refractivity contribution >= 4 is 39.9 Å². The van der Waals surface area contributed by atoms with E-state index in [2.05, 4.69) is 29.1 Å². The fourth-order valence-electron chi connectivity index (χ4n) is 4.70. The van der Waals surface area contributed by atoms with Gasteiger partial charge < -0.3 is 9.64 Å². The molecular weight excluding hydrogens is 508 g/mol. The number of benzene rings is 2. The summed E-state index contributed by atoms with van der Waals surface area (Å²) in [6, 6.07) is 15.6. The van der Waals surface area contributed by atoms with Crippen molar-refractivity contribution in [2.45, 2.75) is 48.9 Å². The summed E-state index contributed by atoms with van der Waals surface area (Å²) in [5.41, 5.74) is 3.43. The van der Waals surface area contributed by atoms with E-state index in [9.17, 15) is 13.9 Å². The smallest absolute Gasteiger partial charge is 0.356 e. The Hall–Kier alpha value is -2.50. The van der Waals surface area contributed by atoms with Crippen LogP contribution < -0.4 is 4.90 Å². The number of unbranched alkanes of at least 4 members (excludes halogenated alkanes) is 1. The van der Waals surface area contributed by atoms with Gasteiger partial charge in [-0.15, -0.1) is 22.5 Å². The molecule has 10 heteroatoms. The Morgan fingerprint density at radius 2 is 1.89 bits per heavy atom. The lowest BCUT2D eigenvalue weighted by Gasteiger charge is -2.43. The van der Waals surface area contributed by atoms with Crippen LogP contribution in [0.25, 0.3) is 11.3 Å². The molecule has 0 amide bonds. The summed E-state index contributed by atoms with van der Waals surface area (Å²) in [4.78, 5) is 16.0. The van der Waals surface area contributed by atoms with Gasteiger partial charge >= 0.3 is 5.97 Å². The van der Waals surface area contributed by atoms with E-state index in [-0.39, 0.29) is 12.6 Å². The summed E-state index contributed by atoms with van der Waals surface area (Å²) in [7, 11) is 0.199. The third-order valence-electron chi connectivity index (χ3n) is 6.78. The second-order valence-electron chi connectivity index (χ2n) is 9.09. The first-order chi connectivity index (χ1) is 17.7. The summed E-state index contributed by atoms with van der Waals surface area (Å²) in [5, 5.41) is 4.59. The first-order valence-electron chi connectivity index (χ1n) is 12.5. The number of carbonyl (C=O) groups is 1. The minimum Gasteiger partial charge on any atom is -0.461 e. The van der Waals surface area contributed by atoms with Crippen LogP contribution in [0, 0.1) is 0 Å². The zero-order valence-corrected chi connectivity index (χ0v) is 23.7. The van der Waals surface area contributed by atoms with Crippen LogP contribution in [0.1, 0.15) is 43.6 Å². The quantitative estimate of drug-likeness (QED) is 0.241. The number of likely N-dealkylation sites (N-methyl/N-ethyl adjacent to an activating group) is 1. The molecular formula is C27H36N4O4S2. The number of esters is 1. The molecule has 0 radical (unpaired) electrons. The molecule has 3 aromatic rings. The van der Waals surface area contributed by atoms with E-state index in [0.29, 0.717) is 22.8 Å². The van der Waals surface area contributed by atoms with Gasteiger partial charge in [-0.2, -0.15) is 5.10 Å². The maximum absolute atomic E-state index is 12.4. The van der Waals surface area contributed by atoms with E-state index in [1.54, 1.807) is 43.2 Å². The molecule has 1 aromatic heterocycles. The Labute approximate surface area is 225 Å². The number of carbonyl (C=O) groups excluding carboxylic acids is 1. The fraction of sp³-hybridized carbons (Fsp3) is 0.407. The normalized spacial score (nSPS) is 18.2. The molecule has 1 atom stereocenters. The van der Waals surface area contributed by atoms with Gasteiger partial charge in [0.25, 0.3) is 0 Å². The SMILES string of the molecule is CCCCC1CN(c2ccccc2)c2cc(SC)c(-c3cc(C(=O)OCC)n(C)n3)cc2S(O)(O)N1C. The van der Waals surface area contributed by atoms with Gasteiger partial charge in [-0.05, 0) is 49.9 Å². The highest BCUT2D eigenvalue weighted by molar-refractivity contribution is 8.22. The molecule has 2 aromatic carbocycles. The van der Waals surface area contributed by atoms with E-state index in [0.717, 1.165) is 41.1 Å². The number of nitrogens with zero attached hydrogens (tertiary/aromatic N) is 4. The summed E-state index contributed by atoms with van der Waals surface area (Å²) in [6.07, 6.45) is 4.87. The highest BCUT2D eigenvalue weighted by atomic mass is 32.3. The molecule has 8 nitrogen and oxygen atoms in total. The van der Waals surface area contributed by atoms with Crippen LogP contribution in [0.3, 0.4) is 0 Å². The summed E-state index contributed by atoms with van der Waals surface area (Å²) in [5.74, 6) is -0.442. The van der Waals surface area contributed by atoms with E-state index in [4.69, 9.17) is 4.74 Å². The van der Waals surface area contributed by atoms with Crippen molar-refractivity contribution in [2.24, 2.45) is 7.05 Å². The van der Waals surface area contributed by atoms with Crippen LogP contribution in [0.4, 0.5) is 11.4 Å². The number of rotatable bonds is 8. The first-order valence-corrected chi connectivity index (χ1v) is 15.2. The number of hydrogen-bond acceptors (Lipinski definition) is 8. The Kier molecular flexibility index (Phi) is 8.55. The predicted molar refractivity (Wildman–Crippen MR) is 152 cm³/mol. The van der Waals surface area contributed by atoms with Crippen molar-refractivity contribution in [3.8, 4) is 11.3 Å². The second kappa shape index (κ2) is 11.5. The van der Waals surface area contributed by atoms with Gasteiger partial charge in [0.15, 0.2) is 0 Å². The number of para-hydroxylation sites is 1. The van der Waals surface area contributed by atoms with Gasteiger partial charge in [-0.25, -0.2) is 9.10 Å². The minimum absolute atomic E-state index is 0.0518. The molecule has 200 valence electrons. The molecule has 1 aliphatic rings. The molecule has 1 unspecified atom stereocenters. The topological polar surface area (TPSA) is 91.1 Å². The lowest BCUT2D eigenvalue weighted by molar-refractivity contribution is 0.0513. The number of thioether (sulfide) groups is 1. The number of fused-ring (bicyclic) bond motifs is 1. The van der Waals surface area contributed by atoms with Crippen LogP contribution in [0.5, 0.6) is 0 Å². The molecule has 2 heterocycles. The van der Waals surface area contributed by atoms with Crippen LogP contribution >= 0.6 is 22.5 Å². The Morgan fingerprint density at radius 1 is 1.16 bits per heavy atom. The first kappa shape index (κ1) is 27.5. The summed E-state index contributed by atoms with van der Waals surface area (Å²) in [6.45, 7) is 4.82. The molecule has 0 aliphatic carbocycles. The monoisotopic (exact) mass is 544 g/mol. The molecule has 0 bridgehead atoms. The van der Waals surface area contributed by atoms with Crippen molar-refractivity contribution < 1.29 is 18.6 Å². The standard InChI is InChI=1S/C27H36N4O4S2/c1-6-8-12-20-18-31(19-13-10-9-11-14-19)23-17-25(36-5)21(15-26(23)37(33,34)30(20)4)22-16-24(29(3)28-22)27(32)35-7-2/h9-11,13-17,20,33-34H,6-8,12,18H2,1-5H3. The fourth-order valence-corrected chi connectivity index (χ4v) is 6.93. The van der Waals surface area contributed by atoms with Crippen molar-refractivity contribution in [2.75, 3.05) is 31.4 Å². The minimum atomic E-state index is -3.31. The lowest BCUT2D eigenvalue weighted by Crippen LogP contribution is -2.39. The largest absolute Gasteiger partial charge is 0.461 e. The average Bonchev–Trinajstić information content (AvgIpc) is 3.26. The van der Waals surface area contributed by atoms with Gasteiger partial charge in [-0.1, -0.05) is 38.0 Å². The second-order valence-corrected chi connectivity index (χ2v) is 12.0. The van der Waals surface area contributed by atoms with Gasteiger partial charge in [0.05, 0.1) is 22.9 Å². The lowest BCUT2D eigenvalue weighted by atomic mass is 10.1. The van der Waals surface area contributed by atoms with Crippen LogP contribution in [-0.2, 0) is 11.8 Å². The average molecular weight is 545 g/mol. The summed E-state index contributed by atoms with van der Waals surface area (Å²) >= 11 is 1.56. The number of hydrogen-bond donors (Lipinski definition) is 2. The van der Waals surface area contributed by atoms with E-state index >= 15 is 0 Å². The Balaban J connectivity index is 1.91. The maximum atomic E-state index is 12.4. The third kappa shape index (κ3) is 5.39. The Bertz CT molecular complexity index is 1250. The van der Waals surface area contributed by atoms with E-state index in [1.807, 2.05) is 36.6 Å². The predicted octanol–water partition coefficient (Wildman–Crippen LogP) is 6.65. The molecule has 2 N–H and O–H groups in total. The van der Waals surface area contributed by atoms with Gasteiger partial charge in [0, 0.05) is 42.8 Å². The van der Waals surface area contributed by atoms with Gasteiger partial charge in [0.2, 0.25) is 0 Å². The molecule has 4 rings (SSSR count). The number of anilines is 2. The molecule has 0 saturated heterocycles. The van der Waals surface area contributed by atoms with Crippen LogP contribution in [-0.4, -0.2) is 61.7 Å². The van der Waals surface area contributed by atoms with Crippen LogP contribution in [0.2, 0.25) is 0 Å². The zero-order valence-electron chi connectivity index (χ0n) is 22.0. The van der Waals surface area contributed by atoms with E-state index < -0.39 is 16.7 Å². The zero-order chi connectivity index (χ0) is 26.7. The number of aryl methyl sites for hydroxylation is 1. The maximum Gasteiger partial charge on any atom is 0.356 e. The molecule has 0 spiro atoms. The number of ether oxygens (including phenoxy) is 1. The highest BCUT2D eigenvalue weighted by Gasteiger charge is 2.38. The Morgan fingerprint density at radius 3 is 2.54 bits per heavy atom. The number of aromatic nitrogens is 2. The molecule has 0 saturated carbocycles. The van der Waals surface area contributed by atoms with E-state index in [1.165, 1.54) is 4.68 Å². The van der Waals surface area contributed by atoms with Crippen molar-refractivity contribution in [3.63, 3.8) is 0 Å². The van der Waals surface area contributed by atoms with Crippen LogP contribution in [0.15, 0.2) is 58.3 Å². The third-order valence-corrected chi connectivity index (χ3v) is 9.57. The van der Waals surface area contributed by atoms with Crippen molar-refractivity contribution in [1.29, 1.82) is 0 Å². The highest BCUT2D eigenvalue weighted by Crippen LogP contribution is 2.60. The molecule has 37 heavy (non-hydrogen) atoms. The molecule has 1 aliphatic heterocycles.